The average molecular weight is 285 g/mol. The molecule has 0 radical (unpaired) electrons. The van der Waals surface area contributed by atoms with E-state index in [1.54, 1.807) is 0 Å². The maximum absolute atomic E-state index is 11.8. The second kappa shape index (κ2) is 5.35. The third-order valence-electron chi connectivity index (χ3n) is 3.80. The lowest BCUT2D eigenvalue weighted by molar-refractivity contribution is 0.0592. The number of aromatic nitrogens is 1. The van der Waals surface area contributed by atoms with Crippen molar-refractivity contribution in [1.82, 2.24) is 4.98 Å². The third-order valence-corrected chi connectivity index (χ3v) is 3.80. The van der Waals surface area contributed by atoms with Gasteiger partial charge in [0.05, 0.1) is 7.11 Å². The quantitative estimate of drug-likeness (QED) is 0.793. The lowest BCUT2D eigenvalue weighted by atomic mass is 10.0. The van der Waals surface area contributed by atoms with E-state index in [1.165, 1.54) is 12.7 Å². The topological polar surface area (TPSA) is 52.3 Å². The molecule has 4 heteroatoms. The van der Waals surface area contributed by atoms with E-state index in [4.69, 9.17) is 9.15 Å². The minimum atomic E-state index is -0.425. The summed E-state index contributed by atoms with van der Waals surface area (Å²) in [6, 6.07) is 8.11. The number of nitrogens with zero attached hydrogens (tertiary/aromatic N) is 1. The van der Waals surface area contributed by atoms with Crippen LogP contribution in [0.4, 0.5) is 0 Å². The first-order valence-corrected chi connectivity index (χ1v) is 7.29. The van der Waals surface area contributed by atoms with E-state index in [2.05, 4.69) is 31.0 Å². The number of benzene rings is 1. The first-order valence-electron chi connectivity index (χ1n) is 7.29. The van der Waals surface area contributed by atoms with Crippen LogP contribution in [0.2, 0.25) is 0 Å². The Bertz CT molecular complexity index is 651. The fourth-order valence-corrected chi connectivity index (χ4v) is 2.33. The second-order valence-corrected chi connectivity index (χ2v) is 5.77. The minimum Gasteiger partial charge on any atom is -0.464 e. The number of carbonyl (C=O) groups is 1. The predicted octanol–water partition coefficient (Wildman–Crippen LogP) is 4.13. The van der Waals surface area contributed by atoms with Crippen molar-refractivity contribution in [2.75, 3.05) is 7.11 Å². The lowest BCUT2D eigenvalue weighted by Crippen LogP contribution is -2.04. The molecule has 1 aromatic carbocycles. The van der Waals surface area contributed by atoms with Crippen molar-refractivity contribution < 1.29 is 13.9 Å². The molecule has 1 saturated carbocycles. The highest BCUT2D eigenvalue weighted by atomic mass is 16.5. The van der Waals surface area contributed by atoms with E-state index < -0.39 is 5.97 Å². The first-order chi connectivity index (χ1) is 10.1. The molecule has 0 amide bonds. The van der Waals surface area contributed by atoms with E-state index >= 15 is 0 Å². The van der Waals surface area contributed by atoms with Gasteiger partial charge in [0.1, 0.15) is 5.76 Å². The molecular formula is C17H19NO3. The van der Waals surface area contributed by atoms with Gasteiger partial charge < -0.3 is 9.15 Å². The lowest BCUT2D eigenvalue weighted by Gasteiger charge is -2.04. The molecule has 4 nitrogen and oxygen atoms in total. The van der Waals surface area contributed by atoms with E-state index in [0.29, 0.717) is 29.2 Å². The van der Waals surface area contributed by atoms with Crippen molar-refractivity contribution in [1.29, 1.82) is 0 Å². The molecular weight excluding hydrogens is 266 g/mol. The number of hydrogen-bond acceptors (Lipinski definition) is 4. The van der Waals surface area contributed by atoms with Crippen molar-refractivity contribution >= 4 is 5.97 Å². The van der Waals surface area contributed by atoms with Crippen LogP contribution in [-0.4, -0.2) is 18.1 Å². The molecule has 1 fully saturated rings. The molecule has 0 unspecified atom stereocenters. The van der Waals surface area contributed by atoms with Gasteiger partial charge in [-0.15, -0.1) is 0 Å². The van der Waals surface area contributed by atoms with Gasteiger partial charge in [-0.1, -0.05) is 26.0 Å². The summed E-state index contributed by atoms with van der Waals surface area (Å²) < 4.78 is 10.6. The van der Waals surface area contributed by atoms with Gasteiger partial charge in [-0.05, 0) is 36.5 Å². The summed E-state index contributed by atoms with van der Waals surface area (Å²) in [7, 11) is 1.37. The van der Waals surface area contributed by atoms with Crippen LogP contribution in [0, 0.1) is 0 Å². The van der Waals surface area contributed by atoms with Crippen LogP contribution in [-0.2, 0) is 4.74 Å². The number of carbonyl (C=O) groups excluding carboxylic acids is 1. The fourth-order valence-electron chi connectivity index (χ4n) is 2.33. The Morgan fingerprint density at radius 1 is 1.29 bits per heavy atom. The third kappa shape index (κ3) is 2.71. The summed E-state index contributed by atoms with van der Waals surface area (Å²) in [4.78, 5) is 16.2. The molecule has 21 heavy (non-hydrogen) atoms. The van der Waals surface area contributed by atoms with Crippen molar-refractivity contribution in [3.8, 4) is 11.5 Å². The molecule has 2 aromatic rings. The van der Waals surface area contributed by atoms with Gasteiger partial charge in [-0.3, -0.25) is 0 Å². The Hall–Kier alpha value is -2.10. The minimum absolute atomic E-state index is 0.315. The molecule has 1 heterocycles. The van der Waals surface area contributed by atoms with Crippen molar-refractivity contribution in [2.45, 2.75) is 38.5 Å². The summed E-state index contributed by atoms with van der Waals surface area (Å²) in [6.07, 6.45) is 2.09. The van der Waals surface area contributed by atoms with Gasteiger partial charge in [0.25, 0.3) is 0 Å². The molecule has 3 rings (SSSR count). The molecule has 1 aliphatic rings. The van der Waals surface area contributed by atoms with Gasteiger partial charge in [0.2, 0.25) is 5.89 Å². The first kappa shape index (κ1) is 13.9. The Morgan fingerprint density at radius 2 is 1.95 bits per heavy atom. The summed E-state index contributed by atoms with van der Waals surface area (Å²) in [5.74, 6) is 1.54. The smallest absolute Gasteiger partial charge is 0.360 e. The highest BCUT2D eigenvalue weighted by Gasteiger charge is 2.34. The number of esters is 1. The zero-order chi connectivity index (χ0) is 15.0. The van der Waals surface area contributed by atoms with Crippen LogP contribution in [0.5, 0.6) is 0 Å². The van der Waals surface area contributed by atoms with Crippen LogP contribution >= 0.6 is 0 Å². The summed E-state index contributed by atoms with van der Waals surface area (Å²) in [6.45, 7) is 4.31. The zero-order valence-electron chi connectivity index (χ0n) is 12.6. The fraction of sp³-hybridized carbons (Fsp3) is 0.412. The number of ether oxygens (including phenoxy) is 1. The molecule has 0 atom stereocenters. The van der Waals surface area contributed by atoms with Crippen LogP contribution in [0.1, 0.15) is 60.3 Å². The van der Waals surface area contributed by atoms with E-state index in [9.17, 15) is 4.79 Å². The molecule has 1 aliphatic carbocycles. The molecule has 0 N–H and O–H groups in total. The highest BCUT2D eigenvalue weighted by Crippen LogP contribution is 2.43. The number of methoxy groups -OCH3 is 1. The molecule has 0 bridgehead atoms. The largest absolute Gasteiger partial charge is 0.464 e. The average Bonchev–Trinajstić information content (AvgIpc) is 3.25. The number of rotatable bonds is 4. The molecule has 0 saturated heterocycles. The standard InChI is InChI=1S/C17H19NO3/c1-10(2)11-4-8-13(9-5-11)16-18-14(17(19)20-3)15(21-16)12-6-7-12/h4-5,8-10,12H,6-7H2,1-3H3. The molecule has 0 spiro atoms. The van der Waals surface area contributed by atoms with Gasteiger partial charge >= 0.3 is 5.97 Å². The number of hydrogen-bond donors (Lipinski definition) is 0. The van der Waals surface area contributed by atoms with Gasteiger partial charge in [0, 0.05) is 11.5 Å². The number of oxazole rings is 1. The SMILES string of the molecule is COC(=O)c1nc(-c2ccc(C(C)C)cc2)oc1C1CC1. The van der Waals surface area contributed by atoms with Gasteiger partial charge in [0.15, 0.2) is 5.69 Å². The van der Waals surface area contributed by atoms with E-state index in [0.717, 1.165) is 18.4 Å². The molecule has 1 aromatic heterocycles. The predicted molar refractivity (Wildman–Crippen MR) is 79.3 cm³/mol. The van der Waals surface area contributed by atoms with Crippen LogP contribution in [0.3, 0.4) is 0 Å². The Kier molecular flexibility index (Phi) is 3.53. The maximum Gasteiger partial charge on any atom is 0.360 e. The van der Waals surface area contributed by atoms with Crippen molar-refractivity contribution in [3.63, 3.8) is 0 Å². The second-order valence-electron chi connectivity index (χ2n) is 5.77. The summed E-state index contributed by atoms with van der Waals surface area (Å²) >= 11 is 0. The Balaban J connectivity index is 1.96. The van der Waals surface area contributed by atoms with Crippen molar-refractivity contribution in [3.05, 3.63) is 41.3 Å². The highest BCUT2D eigenvalue weighted by molar-refractivity contribution is 5.89. The monoisotopic (exact) mass is 285 g/mol. The Morgan fingerprint density at radius 3 is 2.48 bits per heavy atom. The zero-order valence-corrected chi connectivity index (χ0v) is 12.6. The van der Waals surface area contributed by atoms with Crippen LogP contribution in [0.25, 0.3) is 11.5 Å². The summed E-state index contributed by atoms with van der Waals surface area (Å²) in [5, 5.41) is 0. The van der Waals surface area contributed by atoms with E-state index in [-0.39, 0.29) is 0 Å². The van der Waals surface area contributed by atoms with Gasteiger partial charge in [-0.25, -0.2) is 9.78 Å². The van der Waals surface area contributed by atoms with Gasteiger partial charge in [-0.2, -0.15) is 0 Å². The maximum atomic E-state index is 11.8. The molecule has 0 aliphatic heterocycles. The summed E-state index contributed by atoms with van der Waals surface area (Å²) in [5.41, 5.74) is 2.47. The van der Waals surface area contributed by atoms with Crippen molar-refractivity contribution in [2.24, 2.45) is 0 Å². The van der Waals surface area contributed by atoms with E-state index in [1.807, 2.05) is 12.1 Å². The van der Waals surface area contributed by atoms with Crippen LogP contribution < -0.4 is 0 Å². The molecule has 110 valence electrons. The van der Waals surface area contributed by atoms with Crippen LogP contribution in [0.15, 0.2) is 28.7 Å². The Labute approximate surface area is 124 Å². The normalized spacial score (nSPS) is 14.5.